The predicted molar refractivity (Wildman–Crippen MR) is 34.6 cm³/mol. The minimum atomic E-state index is 0.559. The second-order valence-electron chi connectivity index (χ2n) is 0.994. The fourth-order valence-corrected chi connectivity index (χ4v) is 0.394. The summed E-state index contributed by atoms with van der Waals surface area (Å²) in [6, 6.07) is 0. The molecule has 0 aromatic heterocycles. The van der Waals surface area contributed by atoms with E-state index in [0.717, 1.165) is 0 Å². The Balaban J connectivity index is 3.58. The molecule has 40 valence electrons. The van der Waals surface area contributed by atoms with E-state index in [1.165, 1.54) is 5.54 Å². The lowest BCUT2D eigenvalue weighted by Crippen LogP contribution is -1.52. The van der Waals surface area contributed by atoms with Crippen molar-refractivity contribution in [3.05, 3.63) is 22.7 Å². The van der Waals surface area contributed by atoms with E-state index in [1.807, 2.05) is 13.0 Å². The monoisotopic (exact) mass is 136 g/mol. The Hall–Kier alpha value is 0.0600. The van der Waals surface area contributed by atoms with E-state index < -0.39 is 0 Å². The molecule has 0 fully saturated rings. The summed E-state index contributed by atoms with van der Waals surface area (Å²) in [6.07, 6.45) is 3.54. The van der Waals surface area contributed by atoms with Crippen LogP contribution in [0.25, 0.3) is 0 Å². The molecule has 0 amide bonds. The molecule has 0 atom stereocenters. The maximum atomic E-state index is 5.41. The van der Waals surface area contributed by atoms with Crippen LogP contribution in [0.3, 0.4) is 0 Å². The summed E-state index contributed by atoms with van der Waals surface area (Å²) in [6.45, 7) is 1.88. The Kier molecular flexibility index (Phi) is 4.26. The van der Waals surface area contributed by atoms with Crippen molar-refractivity contribution < 1.29 is 0 Å². The molecule has 0 aromatic carbocycles. The lowest BCUT2D eigenvalue weighted by molar-refractivity contribution is 1.72. The van der Waals surface area contributed by atoms with Gasteiger partial charge >= 0.3 is 0 Å². The Bertz CT molecular complexity index is 92.3. The fourth-order valence-electron chi connectivity index (χ4n) is 0.196. The zero-order chi connectivity index (χ0) is 5.70. The van der Waals surface area contributed by atoms with Gasteiger partial charge in [0.15, 0.2) is 0 Å². The molecule has 0 aromatic rings. The molecule has 0 radical (unpaired) electrons. The standard InChI is InChI=1S/C5H6Cl2/c1-2-3-5(7)4-6/h2-4H,1H3. The first-order chi connectivity index (χ1) is 3.31. The zero-order valence-corrected chi connectivity index (χ0v) is 5.50. The molecule has 0 N–H and O–H groups in total. The van der Waals surface area contributed by atoms with Crippen LogP contribution < -0.4 is 0 Å². The van der Waals surface area contributed by atoms with Crippen LogP contribution in [0.15, 0.2) is 22.7 Å². The third-order valence-electron chi connectivity index (χ3n) is 0.430. The van der Waals surface area contributed by atoms with E-state index >= 15 is 0 Å². The first kappa shape index (κ1) is 7.06. The summed E-state index contributed by atoms with van der Waals surface area (Å²) in [5, 5.41) is 0.559. The molecule has 0 spiro atoms. The van der Waals surface area contributed by atoms with Crippen molar-refractivity contribution in [2.45, 2.75) is 6.92 Å². The van der Waals surface area contributed by atoms with Crippen molar-refractivity contribution in [1.82, 2.24) is 0 Å². The minimum absolute atomic E-state index is 0.559. The van der Waals surface area contributed by atoms with Gasteiger partial charge in [-0.15, -0.1) is 0 Å². The Morgan fingerprint density at radius 2 is 2.14 bits per heavy atom. The highest BCUT2D eigenvalue weighted by molar-refractivity contribution is 6.37. The highest BCUT2D eigenvalue weighted by atomic mass is 35.5. The van der Waals surface area contributed by atoms with Crippen molar-refractivity contribution in [1.29, 1.82) is 0 Å². The van der Waals surface area contributed by atoms with Gasteiger partial charge in [0.05, 0.1) is 5.03 Å². The molecule has 0 aliphatic rings. The van der Waals surface area contributed by atoms with Gasteiger partial charge in [-0.05, 0) is 13.0 Å². The van der Waals surface area contributed by atoms with Gasteiger partial charge in [-0.1, -0.05) is 29.3 Å². The van der Waals surface area contributed by atoms with E-state index in [2.05, 4.69) is 0 Å². The highest BCUT2D eigenvalue weighted by Gasteiger charge is 1.74. The number of rotatable bonds is 1. The van der Waals surface area contributed by atoms with Crippen LogP contribution in [-0.2, 0) is 0 Å². The maximum Gasteiger partial charge on any atom is 0.0515 e. The number of hydrogen-bond donors (Lipinski definition) is 0. The molecule has 0 bridgehead atoms. The number of allylic oxidation sites excluding steroid dienone is 3. The lowest BCUT2D eigenvalue weighted by atomic mass is 10.5. The SMILES string of the molecule is CC=CC(Cl)=CCl. The number of hydrogen-bond acceptors (Lipinski definition) is 0. The van der Waals surface area contributed by atoms with Crippen molar-refractivity contribution in [2.75, 3.05) is 0 Å². The smallest absolute Gasteiger partial charge is 0.0515 e. The van der Waals surface area contributed by atoms with Crippen LogP contribution in [0, 0.1) is 0 Å². The normalized spacial score (nSPS) is 13.3. The van der Waals surface area contributed by atoms with Gasteiger partial charge in [-0.2, -0.15) is 0 Å². The zero-order valence-electron chi connectivity index (χ0n) is 3.99. The second-order valence-corrected chi connectivity index (χ2v) is 1.65. The van der Waals surface area contributed by atoms with Gasteiger partial charge in [0.2, 0.25) is 0 Å². The molecule has 2 heteroatoms. The third kappa shape index (κ3) is 3.90. The maximum absolute atomic E-state index is 5.41. The molecular weight excluding hydrogens is 131 g/mol. The highest BCUT2D eigenvalue weighted by Crippen LogP contribution is 2.03. The van der Waals surface area contributed by atoms with Crippen molar-refractivity contribution in [3.63, 3.8) is 0 Å². The molecule has 0 aliphatic heterocycles. The molecule has 0 saturated carbocycles. The average molecular weight is 137 g/mol. The van der Waals surface area contributed by atoms with Gasteiger partial charge in [0.25, 0.3) is 0 Å². The topological polar surface area (TPSA) is 0 Å². The van der Waals surface area contributed by atoms with E-state index in [0.29, 0.717) is 5.03 Å². The van der Waals surface area contributed by atoms with Crippen LogP contribution >= 0.6 is 23.2 Å². The summed E-state index contributed by atoms with van der Waals surface area (Å²) < 4.78 is 0. The average Bonchev–Trinajstić information content (AvgIpc) is 1.68. The molecule has 7 heavy (non-hydrogen) atoms. The summed E-state index contributed by atoms with van der Waals surface area (Å²) in [5.74, 6) is 0. The van der Waals surface area contributed by atoms with Gasteiger partial charge < -0.3 is 0 Å². The summed E-state index contributed by atoms with van der Waals surface area (Å²) in [5.41, 5.74) is 1.32. The molecule has 0 saturated heterocycles. The first-order valence-electron chi connectivity index (χ1n) is 1.90. The van der Waals surface area contributed by atoms with Crippen molar-refractivity contribution in [2.24, 2.45) is 0 Å². The third-order valence-corrected chi connectivity index (χ3v) is 1.01. The fraction of sp³-hybridized carbons (Fsp3) is 0.200. The van der Waals surface area contributed by atoms with Crippen molar-refractivity contribution >= 4 is 23.2 Å². The Labute approximate surface area is 53.4 Å². The molecule has 0 rings (SSSR count). The first-order valence-corrected chi connectivity index (χ1v) is 2.71. The van der Waals surface area contributed by atoms with Crippen LogP contribution in [0.4, 0.5) is 0 Å². The molecule has 0 nitrogen and oxygen atoms in total. The van der Waals surface area contributed by atoms with Gasteiger partial charge in [-0.25, -0.2) is 0 Å². The van der Waals surface area contributed by atoms with Gasteiger partial charge in [0, 0.05) is 5.54 Å². The largest absolute Gasteiger partial charge is 0.0913 e. The molecule has 0 aliphatic carbocycles. The quantitative estimate of drug-likeness (QED) is 0.487. The molecular formula is C5H6Cl2. The van der Waals surface area contributed by atoms with Gasteiger partial charge in [0.1, 0.15) is 0 Å². The van der Waals surface area contributed by atoms with Crippen LogP contribution in [0.5, 0.6) is 0 Å². The van der Waals surface area contributed by atoms with E-state index in [4.69, 9.17) is 23.2 Å². The van der Waals surface area contributed by atoms with E-state index in [1.54, 1.807) is 6.08 Å². The predicted octanol–water partition coefficient (Wildman–Crippen LogP) is 2.88. The van der Waals surface area contributed by atoms with Crippen LogP contribution in [0.2, 0.25) is 0 Å². The molecule has 0 unspecified atom stereocenters. The van der Waals surface area contributed by atoms with Crippen LogP contribution in [-0.4, -0.2) is 0 Å². The summed E-state index contributed by atoms with van der Waals surface area (Å²) in [4.78, 5) is 0. The van der Waals surface area contributed by atoms with Crippen molar-refractivity contribution in [3.8, 4) is 0 Å². The molecule has 0 heterocycles. The van der Waals surface area contributed by atoms with Gasteiger partial charge in [-0.3, -0.25) is 0 Å². The minimum Gasteiger partial charge on any atom is -0.0913 e. The summed E-state index contributed by atoms with van der Waals surface area (Å²) >= 11 is 10.6. The van der Waals surface area contributed by atoms with Crippen LogP contribution in [0.1, 0.15) is 6.92 Å². The van der Waals surface area contributed by atoms with E-state index in [9.17, 15) is 0 Å². The second kappa shape index (κ2) is 4.23. The van der Waals surface area contributed by atoms with E-state index in [-0.39, 0.29) is 0 Å². The number of halogens is 2. The summed E-state index contributed by atoms with van der Waals surface area (Å²) in [7, 11) is 0. The Morgan fingerprint density at radius 1 is 1.57 bits per heavy atom. The lowest BCUT2D eigenvalue weighted by Gasteiger charge is -1.76. The Morgan fingerprint density at radius 3 is 2.29 bits per heavy atom.